The molecule has 1 aromatic rings. The van der Waals surface area contributed by atoms with Gasteiger partial charge in [-0.3, -0.25) is 4.79 Å². The predicted molar refractivity (Wildman–Crippen MR) is 63.0 cm³/mol. The highest BCUT2D eigenvalue weighted by molar-refractivity contribution is 7.99. The summed E-state index contributed by atoms with van der Waals surface area (Å²) in [5, 5.41) is 11.6. The zero-order valence-electron chi connectivity index (χ0n) is 9.73. The highest BCUT2D eigenvalue weighted by Crippen LogP contribution is 2.19. The second kappa shape index (κ2) is 5.31. The first kappa shape index (κ1) is 13.0. The maximum atomic E-state index is 11.4. The minimum absolute atomic E-state index is 0.357. The predicted octanol–water partition coefficient (Wildman–Crippen LogP) is -0.239. The van der Waals surface area contributed by atoms with Crippen molar-refractivity contribution in [3.8, 4) is 0 Å². The van der Waals surface area contributed by atoms with Gasteiger partial charge in [-0.05, 0) is 13.5 Å². The van der Waals surface area contributed by atoms with E-state index in [4.69, 9.17) is 5.73 Å². The van der Waals surface area contributed by atoms with Crippen LogP contribution in [0, 0.1) is 0 Å². The van der Waals surface area contributed by atoms with Crippen LogP contribution in [0.15, 0.2) is 11.5 Å². The van der Waals surface area contributed by atoms with Crippen LogP contribution >= 0.6 is 11.8 Å². The van der Waals surface area contributed by atoms with Crippen LogP contribution in [0.2, 0.25) is 0 Å². The van der Waals surface area contributed by atoms with Crippen molar-refractivity contribution in [2.45, 2.75) is 24.5 Å². The molecule has 0 fully saturated rings. The Kier molecular flexibility index (Phi) is 4.31. The topological polar surface area (TPSA) is 85.8 Å². The first-order valence-electron chi connectivity index (χ1n) is 5.01. The Balaban J connectivity index is 2.64. The third-order valence-electron chi connectivity index (χ3n) is 2.27. The summed E-state index contributed by atoms with van der Waals surface area (Å²) >= 11 is 1.45. The molecule has 1 heterocycles. The van der Waals surface area contributed by atoms with Crippen molar-refractivity contribution >= 4 is 17.7 Å². The monoisotopic (exact) mass is 243 g/mol. The number of carbonyl (C=O) groups is 1. The lowest BCUT2D eigenvalue weighted by Crippen LogP contribution is -2.55. The fourth-order valence-corrected chi connectivity index (χ4v) is 2.23. The molecule has 1 unspecified atom stereocenters. The Morgan fingerprint density at radius 3 is 2.88 bits per heavy atom. The second-order valence-electron chi connectivity index (χ2n) is 3.74. The lowest BCUT2D eigenvalue weighted by atomic mass is 10.1. The highest BCUT2D eigenvalue weighted by atomic mass is 32.2. The van der Waals surface area contributed by atoms with E-state index in [0.29, 0.717) is 12.3 Å². The first-order chi connectivity index (χ1) is 7.49. The Bertz CT molecular complexity index is 367. The van der Waals surface area contributed by atoms with Crippen molar-refractivity contribution in [3.05, 3.63) is 6.33 Å². The maximum absolute atomic E-state index is 11.4. The fourth-order valence-electron chi connectivity index (χ4n) is 1.21. The van der Waals surface area contributed by atoms with Gasteiger partial charge in [0.1, 0.15) is 11.9 Å². The van der Waals surface area contributed by atoms with Gasteiger partial charge in [-0.25, -0.2) is 0 Å². The molecule has 0 aliphatic carbocycles. The average molecular weight is 243 g/mol. The number of nitrogens with one attached hydrogen (secondary N) is 1. The summed E-state index contributed by atoms with van der Waals surface area (Å²) in [5.74, 6) is 0.173. The molecule has 0 bridgehead atoms. The van der Waals surface area contributed by atoms with E-state index < -0.39 is 5.54 Å². The quantitative estimate of drug-likeness (QED) is 0.674. The maximum Gasteiger partial charge on any atom is 0.238 e. The molecule has 0 saturated heterocycles. The second-order valence-corrected chi connectivity index (χ2v) is 4.68. The number of carbonyl (C=O) groups excluding carboxylic acids is 1. The van der Waals surface area contributed by atoms with Crippen molar-refractivity contribution in [2.24, 2.45) is 12.8 Å². The fraction of sp³-hybridized carbons (Fsp3) is 0.667. The Hall–Kier alpha value is -1.08. The summed E-state index contributed by atoms with van der Waals surface area (Å²) in [6.45, 7) is 4.43. The summed E-state index contributed by atoms with van der Waals surface area (Å²) in [6, 6.07) is 0. The third kappa shape index (κ3) is 2.96. The van der Waals surface area contributed by atoms with Crippen molar-refractivity contribution < 1.29 is 4.79 Å². The van der Waals surface area contributed by atoms with Crippen LogP contribution in [-0.2, 0) is 11.8 Å². The van der Waals surface area contributed by atoms with Crippen LogP contribution in [0.4, 0.5) is 0 Å². The number of nitrogens with zero attached hydrogens (tertiary/aromatic N) is 3. The standard InChI is InChI=1S/C9H17N5OS/c1-4-11-9(2,7(10)15)5-16-8-13-12-6-14(8)3/h6,11H,4-5H2,1-3H3,(H2,10,15). The van der Waals surface area contributed by atoms with Crippen LogP contribution in [0.5, 0.6) is 0 Å². The molecule has 3 N–H and O–H groups in total. The number of aryl methyl sites for hydroxylation is 1. The Labute approximate surface area is 99.0 Å². The molecule has 6 nitrogen and oxygen atoms in total. The molecule has 0 spiro atoms. The molecule has 1 atom stereocenters. The van der Waals surface area contributed by atoms with E-state index in [-0.39, 0.29) is 5.91 Å². The number of thioether (sulfide) groups is 1. The summed E-state index contributed by atoms with van der Waals surface area (Å²) in [7, 11) is 1.86. The number of nitrogens with two attached hydrogens (primary N) is 1. The van der Waals surface area contributed by atoms with Gasteiger partial charge in [0.05, 0.1) is 0 Å². The summed E-state index contributed by atoms with van der Waals surface area (Å²) in [4.78, 5) is 11.4. The van der Waals surface area contributed by atoms with Crippen LogP contribution in [0.3, 0.4) is 0 Å². The molecular weight excluding hydrogens is 226 g/mol. The molecule has 0 aromatic carbocycles. The van der Waals surface area contributed by atoms with Crippen LogP contribution in [-0.4, -0.2) is 38.5 Å². The Morgan fingerprint density at radius 2 is 2.44 bits per heavy atom. The molecule has 7 heteroatoms. The number of rotatable bonds is 6. The van der Waals surface area contributed by atoms with Gasteiger partial charge in [-0.2, -0.15) is 0 Å². The SMILES string of the molecule is CCNC(C)(CSc1nncn1C)C(N)=O. The van der Waals surface area contributed by atoms with Crippen molar-refractivity contribution in [3.63, 3.8) is 0 Å². The van der Waals surface area contributed by atoms with E-state index in [1.165, 1.54) is 11.8 Å². The smallest absolute Gasteiger partial charge is 0.238 e. The highest BCUT2D eigenvalue weighted by Gasteiger charge is 2.30. The molecule has 90 valence electrons. The van der Waals surface area contributed by atoms with Crippen LogP contribution < -0.4 is 11.1 Å². The molecular formula is C9H17N5OS. The van der Waals surface area contributed by atoms with Gasteiger partial charge in [0, 0.05) is 12.8 Å². The van der Waals surface area contributed by atoms with Gasteiger partial charge in [-0.1, -0.05) is 18.7 Å². The molecule has 0 saturated carbocycles. The molecule has 1 amide bonds. The minimum atomic E-state index is -0.717. The van der Waals surface area contributed by atoms with Gasteiger partial charge < -0.3 is 15.6 Å². The van der Waals surface area contributed by atoms with Crippen LogP contribution in [0.25, 0.3) is 0 Å². The largest absolute Gasteiger partial charge is 0.368 e. The zero-order chi connectivity index (χ0) is 12.2. The molecule has 0 aliphatic heterocycles. The Morgan fingerprint density at radius 1 is 1.75 bits per heavy atom. The van der Waals surface area contributed by atoms with Crippen molar-refractivity contribution in [1.82, 2.24) is 20.1 Å². The van der Waals surface area contributed by atoms with Gasteiger partial charge >= 0.3 is 0 Å². The average Bonchev–Trinajstić information content (AvgIpc) is 2.61. The number of primary amides is 1. The van der Waals surface area contributed by atoms with E-state index in [9.17, 15) is 4.79 Å². The number of likely N-dealkylation sites (N-methyl/N-ethyl adjacent to an activating group) is 1. The van der Waals surface area contributed by atoms with E-state index in [1.54, 1.807) is 17.8 Å². The molecule has 0 radical (unpaired) electrons. The van der Waals surface area contributed by atoms with Gasteiger partial charge in [0.25, 0.3) is 0 Å². The first-order valence-corrected chi connectivity index (χ1v) is 6.00. The molecule has 1 aromatic heterocycles. The van der Waals surface area contributed by atoms with Gasteiger partial charge in [0.15, 0.2) is 5.16 Å². The third-order valence-corrected chi connectivity index (χ3v) is 3.62. The van der Waals surface area contributed by atoms with E-state index in [0.717, 1.165) is 5.16 Å². The van der Waals surface area contributed by atoms with Crippen molar-refractivity contribution in [1.29, 1.82) is 0 Å². The molecule has 1 rings (SSSR count). The number of hydrogen-bond donors (Lipinski definition) is 2. The van der Waals surface area contributed by atoms with E-state index in [2.05, 4.69) is 15.5 Å². The minimum Gasteiger partial charge on any atom is -0.368 e. The van der Waals surface area contributed by atoms with E-state index in [1.807, 2.05) is 14.0 Å². The van der Waals surface area contributed by atoms with Gasteiger partial charge in [-0.15, -0.1) is 10.2 Å². The number of amides is 1. The molecule has 16 heavy (non-hydrogen) atoms. The number of aromatic nitrogens is 3. The summed E-state index contributed by atoms with van der Waals surface area (Å²) in [5.41, 5.74) is 4.66. The molecule has 0 aliphatic rings. The van der Waals surface area contributed by atoms with Gasteiger partial charge in [0.2, 0.25) is 5.91 Å². The normalized spacial score (nSPS) is 14.7. The van der Waals surface area contributed by atoms with Crippen molar-refractivity contribution in [2.75, 3.05) is 12.3 Å². The number of hydrogen-bond acceptors (Lipinski definition) is 5. The van der Waals surface area contributed by atoms with Crippen LogP contribution in [0.1, 0.15) is 13.8 Å². The lowest BCUT2D eigenvalue weighted by molar-refractivity contribution is -0.122. The van der Waals surface area contributed by atoms with E-state index >= 15 is 0 Å². The summed E-state index contributed by atoms with van der Waals surface area (Å²) in [6.07, 6.45) is 1.62. The summed E-state index contributed by atoms with van der Waals surface area (Å²) < 4.78 is 1.80. The lowest BCUT2D eigenvalue weighted by Gasteiger charge is -2.26. The zero-order valence-corrected chi connectivity index (χ0v) is 10.5.